The summed E-state index contributed by atoms with van der Waals surface area (Å²) in [6.07, 6.45) is 1.15. The van der Waals surface area contributed by atoms with Crippen LogP contribution in [0.4, 0.5) is 0 Å². The molecule has 2 aromatic rings. The number of fused-ring (bicyclic) bond motifs is 1. The first kappa shape index (κ1) is 12.8. The second-order valence-corrected chi connectivity index (χ2v) is 5.80. The first-order valence-corrected chi connectivity index (χ1v) is 7.52. The summed E-state index contributed by atoms with van der Waals surface area (Å²) < 4.78 is 1.68. The fourth-order valence-electron chi connectivity index (χ4n) is 2.47. The van der Waals surface area contributed by atoms with Crippen molar-refractivity contribution in [3.8, 4) is 0 Å². The molecular formula is C13H18N4OS. The van der Waals surface area contributed by atoms with Crippen LogP contribution in [-0.4, -0.2) is 40.5 Å². The maximum Gasteiger partial charge on any atom is 0.259 e. The summed E-state index contributed by atoms with van der Waals surface area (Å²) in [6.45, 7) is 6.88. The number of nitrogens with zero attached hydrogens (tertiary/aromatic N) is 3. The molecule has 1 aliphatic heterocycles. The monoisotopic (exact) mass is 278 g/mol. The summed E-state index contributed by atoms with van der Waals surface area (Å²) in [5, 5.41) is 5.36. The van der Waals surface area contributed by atoms with Crippen LogP contribution in [0.2, 0.25) is 0 Å². The van der Waals surface area contributed by atoms with Gasteiger partial charge < -0.3 is 5.32 Å². The molecule has 102 valence electrons. The number of thiazole rings is 1. The van der Waals surface area contributed by atoms with E-state index in [1.165, 1.54) is 11.3 Å². The minimum absolute atomic E-state index is 0.0340. The zero-order valence-corrected chi connectivity index (χ0v) is 11.9. The van der Waals surface area contributed by atoms with Crippen LogP contribution < -0.4 is 10.9 Å². The van der Waals surface area contributed by atoms with E-state index in [-0.39, 0.29) is 5.56 Å². The smallest absolute Gasteiger partial charge is 0.259 e. The topological polar surface area (TPSA) is 49.6 Å². The van der Waals surface area contributed by atoms with E-state index in [9.17, 15) is 4.79 Å². The maximum absolute atomic E-state index is 12.1. The summed E-state index contributed by atoms with van der Waals surface area (Å²) in [6, 6.07) is 1.67. The SMILES string of the molecule is Cc1csc2nc(CN3CCCNCC3)cc(=O)n12. The van der Waals surface area contributed by atoms with Gasteiger partial charge in [-0.15, -0.1) is 11.3 Å². The Morgan fingerprint density at radius 2 is 2.32 bits per heavy atom. The Balaban J connectivity index is 1.86. The highest BCUT2D eigenvalue weighted by atomic mass is 32.1. The van der Waals surface area contributed by atoms with Gasteiger partial charge in [0.25, 0.3) is 5.56 Å². The van der Waals surface area contributed by atoms with E-state index >= 15 is 0 Å². The average molecular weight is 278 g/mol. The lowest BCUT2D eigenvalue weighted by Crippen LogP contribution is -2.29. The predicted molar refractivity (Wildman–Crippen MR) is 76.8 cm³/mol. The Hall–Kier alpha value is -1.24. The molecule has 0 saturated carbocycles. The van der Waals surface area contributed by atoms with Crippen LogP contribution in [0.15, 0.2) is 16.2 Å². The lowest BCUT2D eigenvalue weighted by Gasteiger charge is -2.18. The van der Waals surface area contributed by atoms with Crippen LogP contribution in [0.3, 0.4) is 0 Å². The summed E-state index contributed by atoms with van der Waals surface area (Å²) >= 11 is 1.53. The quantitative estimate of drug-likeness (QED) is 0.885. The first-order chi connectivity index (χ1) is 9.24. The van der Waals surface area contributed by atoms with Crippen LogP contribution in [0.25, 0.3) is 4.96 Å². The summed E-state index contributed by atoms with van der Waals surface area (Å²) in [5.74, 6) is 0. The fourth-order valence-corrected chi connectivity index (χ4v) is 3.36. The van der Waals surface area contributed by atoms with Gasteiger partial charge in [-0.25, -0.2) is 4.98 Å². The molecule has 0 spiro atoms. The van der Waals surface area contributed by atoms with Crippen LogP contribution in [0.5, 0.6) is 0 Å². The van der Waals surface area contributed by atoms with Gasteiger partial charge in [0.1, 0.15) is 0 Å². The van der Waals surface area contributed by atoms with Crippen LogP contribution in [0.1, 0.15) is 17.8 Å². The largest absolute Gasteiger partial charge is 0.315 e. The van der Waals surface area contributed by atoms with Gasteiger partial charge in [0.05, 0.1) is 5.69 Å². The number of hydrogen-bond acceptors (Lipinski definition) is 5. The molecule has 0 aromatic carbocycles. The van der Waals surface area contributed by atoms with Gasteiger partial charge in [-0.2, -0.15) is 0 Å². The number of hydrogen-bond donors (Lipinski definition) is 1. The minimum Gasteiger partial charge on any atom is -0.315 e. The van der Waals surface area contributed by atoms with E-state index in [1.54, 1.807) is 10.5 Å². The maximum atomic E-state index is 12.1. The molecule has 1 aliphatic rings. The van der Waals surface area contributed by atoms with Gasteiger partial charge in [-0.1, -0.05) is 0 Å². The molecule has 1 fully saturated rings. The van der Waals surface area contributed by atoms with Gasteiger partial charge >= 0.3 is 0 Å². The molecule has 6 heteroatoms. The van der Waals surface area contributed by atoms with Crippen molar-refractivity contribution < 1.29 is 0 Å². The molecule has 0 unspecified atom stereocenters. The molecule has 19 heavy (non-hydrogen) atoms. The Morgan fingerprint density at radius 1 is 1.42 bits per heavy atom. The second kappa shape index (κ2) is 5.40. The number of aryl methyl sites for hydroxylation is 1. The lowest BCUT2D eigenvalue weighted by molar-refractivity contribution is 0.281. The molecule has 1 saturated heterocycles. The third kappa shape index (κ3) is 2.70. The van der Waals surface area contributed by atoms with Crippen molar-refractivity contribution in [2.24, 2.45) is 0 Å². The molecule has 0 atom stereocenters. The molecule has 2 aromatic heterocycles. The van der Waals surface area contributed by atoms with Crippen LogP contribution in [-0.2, 0) is 6.54 Å². The van der Waals surface area contributed by atoms with Crippen molar-refractivity contribution in [3.05, 3.63) is 33.2 Å². The number of rotatable bonds is 2. The minimum atomic E-state index is 0.0340. The summed E-state index contributed by atoms with van der Waals surface area (Å²) in [7, 11) is 0. The third-order valence-corrected chi connectivity index (χ3v) is 4.39. The highest BCUT2D eigenvalue weighted by molar-refractivity contribution is 7.15. The van der Waals surface area contributed by atoms with E-state index < -0.39 is 0 Å². The summed E-state index contributed by atoms with van der Waals surface area (Å²) in [5.41, 5.74) is 1.88. The predicted octanol–water partition coefficient (Wildman–Crippen LogP) is 0.860. The molecule has 5 nitrogen and oxygen atoms in total. The van der Waals surface area contributed by atoms with Crippen molar-refractivity contribution >= 4 is 16.3 Å². The Labute approximate surface area is 115 Å². The normalized spacial score (nSPS) is 17.7. The van der Waals surface area contributed by atoms with Gasteiger partial charge in [0.2, 0.25) is 0 Å². The number of nitrogens with one attached hydrogen (secondary N) is 1. The second-order valence-electron chi connectivity index (χ2n) is 4.96. The fraction of sp³-hybridized carbons (Fsp3) is 0.538. The Morgan fingerprint density at radius 3 is 3.21 bits per heavy atom. The Bertz CT molecular complexity index is 625. The van der Waals surface area contributed by atoms with E-state index in [2.05, 4.69) is 15.2 Å². The zero-order chi connectivity index (χ0) is 13.2. The lowest BCUT2D eigenvalue weighted by atomic mass is 10.3. The van der Waals surface area contributed by atoms with Gasteiger partial charge in [0.15, 0.2) is 4.96 Å². The molecule has 3 heterocycles. The average Bonchev–Trinajstić information content (AvgIpc) is 2.61. The summed E-state index contributed by atoms with van der Waals surface area (Å²) in [4.78, 5) is 19.8. The van der Waals surface area contributed by atoms with Crippen LogP contribution in [0, 0.1) is 6.92 Å². The molecule has 0 amide bonds. The standard InChI is InChI=1S/C13H18N4OS/c1-10-9-19-13-15-11(7-12(18)17(10)13)8-16-5-2-3-14-4-6-16/h7,9,14H,2-6,8H2,1H3. The molecule has 0 bridgehead atoms. The van der Waals surface area contributed by atoms with E-state index in [0.29, 0.717) is 0 Å². The van der Waals surface area contributed by atoms with Crippen molar-refractivity contribution in [2.45, 2.75) is 19.9 Å². The highest BCUT2D eigenvalue weighted by Crippen LogP contribution is 2.12. The molecule has 1 N–H and O–H groups in total. The molecular weight excluding hydrogens is 260 g/mol. The first-order valence-electron chi connectivity index (χ1n) is 6.64. The van der Waals surface area contributed by atoms with Crippen LogP contribution >= 0.6 is 11.3 Å². The van der Waals surface area contributed by atoms with E-state index in [0.717, 1.165) is 55.5 Å². The van der Waals surface area contributed by atoms with Crippen molar-refractivity contribution in [1.29, 1.82) is 0 Å². The van der Waals surface area contributed by atoms with Gasteiger partial charge in [-0.05, 0) is 26.4 Å². The third-order valence-electron chi connectivity index (χ3n) is 3.45. The van der Waals surface area contributed by atoms with E-state index in [1.807, 2.05) is 12.3 Å². The van der Waals surface area contributed by atoms with Crippen molar-refractivity contribution in [2.75, 3.05) is 26.2 Å². The van der Waals surface area contributed by atoms with Crippen molar-refractivity contribution in [1.82, 2.24) is 19.6 Å². The van der Waals surface area contributed by atoms with Gasteiger partial charge in [0, 0.05) is 36.8 Å². The molecule has 3 rings (SSSR count). The zero-order valence-electron chi connectivity index (χ0n) is 11.1. The van der Waals surface area contributed by atoms with Gasteiger partial charge in [-0.3, -0.25) is 14.1 Å². The molecule has 0 aliphatic carbocycles. The Kier molecular flexibility index (Phi) is 3.63. The highest BCUT2D eigenvalue weighted by Gasteiger charge is 2.12. The van der Waals surface area contributed by atoms with Crippen molar-refractivity contribution in [3.63, 3.8) is 0 Å². The van der Waals surface area contributed by atoms with E-state index in [4.69, 9.17) is 0 Å². The number of aromatic nitrogens is 2. The molecule has 0 radical (unpaired) electrons.